The molecule has 0 bridgehead atoms. The molecule has 7 heteroatoms. The van der Waals surface area contributed by atoms with Crippen LogP contribution < -0.4 is 9.46 Å². The second-order valence-electron chi connectivity index (χ2n) is 5.27. The van der Waals surface area contributed by atoms with Crippen molar-refractivity contribution < 1.29 is 22.7 Å². The predicted octanol–water partition coefficient (Wildman–Crippen LogP) is 2.67. The Morgan fingerprint density at radius 2 is 1.84 bits per heavy atom. The summed E-state index contributed by atoms with van der Waals surface area (Å²) in [4.78, 5) is 12.0. The van der Waals surface area contributed by atoms with E-state index >= 15 is 0 Å². The molecule has 0 heterocycles. The Kier molecular flexibility index (Phi) is 6.55. The first-order valence-electron chi connectivity index (χ1n) is 7.83. The molecule has 0 aliphatic rings. The molecule has 134 valence electrons. The summed E-state index contributed by atoms with van der Waals surface area (Å²) in [5.41, 5.74) is 0.618. The maximum atomic E-state index is 12.6. The van der Waals surface area contributed by atoms with E-state index in [0.29, 0.717) is 11.3 Å². The van der Waals surface area contributed by atoms with Crippen molar-refractivity contribution in [2.75, 3.05) is 13.7 Å². The number of rotatable bonds is 8. The highest BCUT2D eigenvalue weighted by atomic mass is 32.2. The van der Waals surface area contributed by atoms with Crippen molar-refractivity contribution in [2.45, 2.75) is 24.3 Å². The Morgan fingerprint density at radius 1 is 1.12 bits per heavy atom. The minimum Gasteiger partial charge on any atom is -0.497 e. The Labute approximate surface area is 147 Å². The van der Waals surface area contributed by atoms with Crippen LogP contribution in [-0.2, 0) is 19.6 Å². The van der Waals surface area contributed by atoms with Gasteiger partial charge in [0, 0.05) is 0 Å². The fourth-order valence-corrected chi connectivity index (χ4v) is 3.57. The molecule has 0 spiro atoms. The Balaban J connectivity index is 2.32. The van der Waals surface area contributed by atoms with E-state index in [0.717, 1.165) is 0 Å². The number of benzene rings is 2. The smallest absolute Gasteiger partial charge is 0.307 e. The molecule has 0 saturated heterocycles. The number of nitrogens with one attached hydrogen (secondary N) is 1. The first kappa shape index (κ1) is 19.0. The van der Waals surface area contributed by atoms with Crippen LogP contribution in [0.15, 0.2) is 59.5 Å². The molecule has 0 aliphatic carbocycles. The molecule has 2 rings (SSSR count). The van der Waals surface area contributed by atoms with Gasteiger partial charge in [0.05, 0.1) is 31.1 Å². The molecule has 1 atom stereocenters. The first-order valence-corrected chi connectivity index (χ1v) is 9.31. The second-order valence-corrected chi connectivity index (χ2v) is 6.99. The molecule has 1 unspecified atom stereocenters. The highest BCUT2D eigenvalue weighted by Crippen LogP contribution is 2.24. The third kappa shape index (κ3) is 5.30. The molecule has 0 aromatic heterocycles. The van der Waals surface area contributed by atoms with Crippen molar-refractivity contribution in [1.82, 2.24) is 4.72 Å². The van der Waals surface area contributed by atoms with E-state index in [2.05, 4.69) is 4.72 Å². The zero-order valence-electron chi connectivity index (χ0n) is 14.1. The SMILES string of the molecule is CCOC(=O)CC(NS(=O)(=O)c1ccccc1)c1cccc(OC)c1. The summed E-state index contributed by atoms with van der Waals surface area (Å²) in [6.45, 7) is 1.93. The number of carbonyl (C=O) groups excluding carboxylic acids is 1. The molecule has 6 nitrogen and oxygen atoms in total. The molecule has 1 N–H and O–H groups in total. The molecule has 0 aliphatic heterocycles. The van der Waals surface area contributed by atoms with E-state index < -0.39 is 22.0 Å². The monoisotopic (exact) mass is 363 g/mol. The predicted molar refractivity (Wildman–Crippen MR) is 93.7 cm³/mol. The molecule has 0 radical (unpaired) electrons. The van der Waals surface area contributed by atoms with Gasteiger partial charge >= 0.3 is 5.97 Å². The maximum Gasteiger partial charge on any atom is 0.307 e. The zero-order valence-corrected chi connectivity index (χ0v) is 15.0. The van der Waals surface area contributed by atoms with Gasteiger partial charge in [0.25, 0.3) is 0 Å². The molecule has 2 aromatic rings. The average molecular weight is 363 g/mol. The maximum absolute atomic E-state index is 12.6. The summed E-state index contributed by atoms with van der Waals surface area (Å²) in [7, 11) is -2.26. The van der Waals surface area contributed by atoms with Gasteiger partial charge in [-0.1, -0.05) is 30.3 Å². The molecular weight excluding hydrogens is 342 g/mol. The lowest BCUT2D eigenvalue weighted by molar-refractivity contribution is -0.143. The number of ether oxygens (including phenoxy) is 2. The summed E-state index contributed by atoms with van der Waals surface area (Å²) in [6, 6.07) is 14.2. The van der Waals surface area contributed by atoms with Crippen molar-refractivity contribution in [3.63, 3.8) is 0 Å². The second kappa shape index (κ2) is 8.64. The molecule has 2 aromatic carbocycles. The lowest BCUT2D eigenvalue weighted by Gasteiger charge is -2.19. The molecular formula is C18H21NO5S. The van der Waals surface area contributed by atoms with Gasteiger partial charge < -0.3 is 9.47 Å². The van der Waals surface area contributed by atoms with Crippen molar-refractivity contribution in [1.29, 1.82) is 0 Å². The van der Waals surface area contributed by atoms with Gasteiger partial charge in [-0.3, -0.25) is 4.79 Å². The van der Waals surface area contributed by atoms with Crippen LogP contribution in [-0.4, -0.2) is 28.1 Å². The summed E-state index contributed by atoms with van der Waals surface area (Å²) in [5, 5.41) is 0. The van der Waals surface area contributed by atoms with Gasteiger partial charge in [-0.2, -0.15) is 0 Å². The minimum absolute atomic E-state index is 0.118. The van der Waals surface area contributed by atoms with Crippen molar-refractivity contribution in [2.24, 2.45) is 0 Å². The van der Waals surface area contributed by atoms with Crippen LogP contribution in [0.4, 0.5) is 0 Å². The van der Waals surface area contributed by atoms with Crippen molar-refractivity contribution >= 4 is 16.0 Å². The van der Waals surface area contributed by atoms with Crippen LogP contribution in [0.5, 0.6) is 5.75 Å². The Hall–Kier alpha value is -2.38. The van der Waals surface area contributed by atoms with E-state index in [1.54, 1.807) is 49.4 Å². The number of hydrogen-bond acceptors (Lipinski definition) is 5. The van der Waals surface area contributed by atoms with Gasteiger partial charge in [0.15, 0.2) is 0 Å². The summed E-state index contributed by atoms with van der Waals surface area (Å²) >= 11 is 0. The number of sulfonamides is 1. The summed E-state index contributed by atoms with van der Waals surface area (Å²) < 4.78 is 38.0. The van der Waals surface area contributed by atoms with Crippen LogP contribution in [0.25, 0.3) is 0 Å². The fraction of sp³-hybridized carbons (Fsp3) is 0.278. The lowest BCUT2D eigenvalue weighted by atomic mass is 10.0. The van der Waals surface area contributed by atoms with Crippen LogP contribution in [0.3, 0.4) is 0 Å². The normalized spacial score (nSPS) is 12.4. The van der Waals surface area contributed by atoms with E-state index in [-0.39, 0.29) is 17.9 Å². The van der Waals surface area contributed by atoms with E-state index in [4.69, 9.17) is 9.47 Å². The number of carbonyl (C=O) groups is 1. The largest absolute Gasteiger partial charge is 0.497 e. The number of esters is 1. The quantitative estimate of drug-likeness (QED) is 0.729. The van der Waals surface area contributed by atoms with Crippen molar-refractivity contribution in [3.05, 3.63) is 60.2 Å². The van der Waals surface area contributed by atoms with Crippen LogP contribution in [0.1, 0.15) is 24.9 Å². The Morgan fingerprint density at radius 3 is 2.48 bits per heavy atom. The minimum atomic E-state index is -3.79. The highest BCUT2D eigenvalue weighted by Gasteiger charge is 2.24. The van der Waals surface area contributed by atoms with Gasteiger partial charge in [-0.25, -0.2) is 13.1 Å². The lowest BCUT2D eigenvalue weighted by Crippen LogP contribution is -2.30. The Bertz CT molecular complexity index is 805. The topological polar surface area (TPSA) is 81.7 Å². The van der Waals surface area contributed by atoms with Gasteiger partial charge in [0.1, 0.15) is 5.75 Å². The van der Waals surface area contributed by atoms with Crippen LogP contribution >= 0.6 is 0 Å². The standard InChI is InChI=1S/C18H21NO5S/c1-3-24-18(20)13-17(14-8-7-9-15(12-14)23-2)19-25(21,22)16-10-5-4-6-11-16/h4-12,17,19H,3,13H2,1-2H3. The van der Waals surface area contributed by atoms with Crippen molar-refractivity contribution in [3.8, 4) is 5.75 Å². The average Bonchev–Trinajstić information content (AvgIpc) is 2.62. The first-order chi connectivity index (χ1) is 12.0. The van der Waals surface area contributed by atoms with Gasteiger partial charge in [-0.15, -0.1) is 0 Å². The zero-order chi connectivity index (χ0) is 18.3. The third-order valence-electron chi connectivity index (χ3n) is 3.52. The summed E-state index contributed by atoms with van der Waals surface area (Å²) in [6.07, 6.45) is -0.118. The van der Waals surface area contributed by atoms with Crippen LogP contribution in [0.2, 0.25) is 0 Å². The fourth-order valence-electron chi connectivity index (χ4n) is 2.33. The molecule has 0 amide bonds. The van der Waals surface area contributed by atoms with E-state index in [1.807, 2.05) is 0 Å². The van der Waals surface area contributed by atoms with E-state index in [1.165, 1.54) is 19.2 Å². The van der Waals surface area contributed by atoms with Crippen LogP contribution in [0, 0.1) is 0 Å². The molecule has 0 fully saturated rings. The summed E-state index contributed by atoms with van der Waals surface area (Å²) in [5.74, 6) is 0.0938. The number of hydrogen-bond donors (Lipinski definition) is 1. The molecule has 25 heavy (non-hydrogen) atoms. The van der Waals surface area contributed by atoms with Gasteiger partial charge in [0.2, 0.25) is 10.0 Å². The van der Waals surface area contributed by atoms with E-state index in [9.17, 15) is 13.2 Å². The highest BCUT2D eigenvalue weighted by molar-refractivity contribution is 7.89. The van der Waals surface area contributed by atoms with Gasteiger partial charge in [-0.05, 0) is 36.8 Å². The number of methoxy groups -OCH3 is 1. The molecule has 0 saturated carbocycles. The third-order valence-corrected chi connectivity index (χ3v) is 5.01.